The quantitative estimate of drug-likeness (QED) is 0.494. The largest absolute Gasteiger partial charge is 0.350 e. The van der Waals surface area contributed by atoms with Gasteiger partial charge in [0.1, 0.15) is 22.9 Å². The van der Waals surface area contributed by atoms with Crippen LogP contribution >= 0.6 is 22.9 Å². The van der Waals surface area contributed by atoms with Crippen LogP contribution in [0.1, 0.15) is 5.56 Å². The Labute approximate surface area is 182 Å². The molecule has 0 bridgehead atoms. The number of amides is 1. The van der Waals surface area contributed by atoms with Gasteiger partial charge in [0.15, 0.2) is 0 Å². The van der Waals surface area contributed by atoms with Gasteiger partial charge in [-0.2, -0.15) is 0 Å². The van der Waals surface area contributed by atoms with Gasteiger partial charge in [0.05, 0.1) is 16.2 Å². The number of benzene rings is 2. The molecule has 1 N–H and O–H groups in total. The lowest BCUT2D eigenvalue weighted by atomic mass is 10.2. The van der Waals surface area contributed by atoms with Crippen molar-refractivity contribution in [3.63, 3.8) is 0 Å². The van der Waals surface area contributed by atoms with Crippen LogP contribution in [0, 0.1) is 11.6 Å². The Kier molecular flexibility index (Phi) is 5.71. The lowest BCUT2D eigenvalue weighted by molar-refractivity contribution is -0.121. The summed E-state index contributed by atoms with van der Waals surface area (Å²) in [4.78, 5) is 38.4. The van der Waals surface area contributed by atoms with Crippen LogP contribution < -0.4 is 16.6 Å². The number of hydrogen-bond donors (Lipinski definition) is 1. The summed E-state index contributed by atoms with van der Waals surface area (Å²) in [6.07, 6.45) is 0. The van der Waals surface area contributed by atoms with E-state index in [1.807, 2.05) is 0 Å². The second kappa shape index (κ2) is 8.44. The van der Waals surface area contributed by atoms with E-state index < -0.39 is 35.3 Å². The number of fused-ring (bicyclic) bond motifs is 1. The first-order valence-electron chi connectivity index (χ1n) is 9.05. The highest BCUT2D eigenvalue weighted by Gasteiger charge is 2.19. The molecule has 0 aliphatic heterocycles. The van der Waals surface area contributed by atoms with E-state index in [1.165, 1.54) is 36.4 Å². The molecule has 4 aromatic rings. The fourth-order valence-electron chi connectivity index (χ4n) is 3.14. The molecular formula is C21H14ClF2N3O3S. The second-order valence-corrected chi connectivity index (χ2v) is 7.94. The molecule has 0 aliphatic carbocycles. The average Bonchev–Trinajstić information content (AvgIpc) is 3.23. The van der Waals surface area contributed by atoms with Crippen molar-refractivity contribution in [2.45, 2.75) is 13.1 Å². The molecule has 0 unspecified atom stereocenters. The number of nitrogens with one attached hydrogen (secondary N) is 1. The molecule has 0 spiro atoms. The van der Waals surface area contributed by atoms with Gasteiger partial charge in [0.25, 0.3) is 5.56 Å². The van der Waals surface area contributed by atoms with Gasteiger partial charge in [-0.15, -0.1) is 11.3 Å². The monoisotopic (exact) mass is 461 g/mol. The van der Waals surface area contributed by atoms with Crippen molar-refractivity contribution >= 4 is 39.1 Å². The Balaban J connectivity index is 1.69. The normalized spacial score (nSPS) is 11.1. The van der Waals surface area contributed by atoms with Gasteiger partial charge in [-0.05, 0) is 41.3 Å². The molecule has 2 aromatic heterocycles. The first kappa shape index (κ1) is 21.0. The van der Waals surface area contributed by atoms with Crippen LogP contribution in [0.15, 0.2) is 63.5 Å². The fraction of sp³-hybridized carbons (Fsp3) is 0.0952. The maximum Gasteiger partial charge on any atom is 0.336 e. The van der Waals surface area contributed by atoms with Crippen molar-refractivity contribution < 1.29 is 13.6 Å². The van der Waals surface area contributed by atoms with E-state index in [9.17, 15) is 23.2 Å². The van der Waals surface area contributed by atoms with E-state index >= 15 is 0 Å². The summed E-state index contributed by atoms with van der Waals surface area (Å²) in [5, 5.41) is 4.17. The van der Waals surface area contributed by atoms with E-state index in [-0.39, 0.29) is 27.5 Å². The van der Waals surface area contributed by atoms with Crippen LogP contribution in [0.3, 0.4) is 0 Å². The fourth-order valence-corrected chi connectivity index (χ4v) is 4.16. The molecule has 0 fully saturated rings. The molecule has 0 aliphatic rings. The van der Waals surface area contributed by atoms with Gasteiger partial charge < -0.3 is 5.32 Å². The summed E-state index contributed by atoms with van der Waals surface area (Å²) < 4.78 is 29.6. The number of carbonyl (C=O) groups excluding carboxylic acids is 1. The average molecular weight is 462 g/mol. The highest BCUT2D eigenvalue weighted by Crippen LogP contribution is 2.18. The molecule has 1 amide bonds. The van der Waals surface area contributed by atoms with Gasteiger partial charge in [0, 0.05) is 6.54 Å². The van der Waals surface area contributed by atoms with E-state index in [1.54, 1.807) is 11.4 Å². The Morgan fingerprint density at radius 3 is 2.58 bits per heavy atom. The molecule has 6 nitrogen and oxygen atoms in total. The maximum absolute atomic E-state index is 14.3. The van der Waals surface area contributed by atoms with E-state index in [2.05, 4.69) is 5.32 Å². The third-order valence-electron chi connectivity index (χ3n) is 4.62. The SMILES string of the molecule is O=C(Cn1c(=O)n(-c2ccccc2F)c(=O)c2sccc21)NCc1ccc(F)c(Cl)c1. The van der Waals surface area contributed by atoms with Crippen molar-refractivity contribution in [3.05, 3.63) is 97.0 Å². The number of carbonyl (C=O) groups is 1. The third-order valence-corrected chi connectivity index (χ3v) is 5.80. The van der Waals surface area contributed by atoms with Crippen LogP contribution in [-0.2, 0) is 17.9 Å². The molecular weight excluding hydrogens is 448 g/mol. The predicted octanol–water partition coefficient (Wildman–Crippen LogP) is 3.46. The van der Waals surface area contributed by atoms with Gasteiger partial charge in [-0.1, -0.05) is 29.8 Å². The molecule has 158 valence electrons. The lowest BCUT2D eigenvalue weighted by Crippen LogP contribution is -2.41. The number of aromatic nitrogens is 2. The summed E-state index contributed by atoms with van der Waals surface area (Å²) in [7, 11) is 0. The minimum Gasteiger partial charge on any atom is -0.350 e. The predicted molar refractivity (Wildman–Crippen MR) is 115 cm³/mol. The first-order valence-corrected chi connectivity index (χ1v) is 10.3. The summed E-state index contributed by atoms with van der Waals surface area (Å²) in [6, 6.07) is 11.0. The molecule has 2 aromatic carbocycles. The number of hydrogen-bond acceptors (Lipinski definition) is 4. The second-order valence-electron chi connectivity index (χ2n) is 6.62. The number of halogens is 3. The smallest absolute Gasteiger partial charge is 0.336 e. The molecule has 0 saturated carbocycles. The van der Waals surface area contributed by atoms with Gasteiger partial charge >= 0.3 is 5.69 Å². The zero-order valence-electron chi connectivity index (χ0n) is 15.8. The summed E-state index contributed by atoms with van der Waals surface area (Å²) in [6.45, 7) is -0.330. The minimum absolute atomic E-state index is 0.0628. The molecule has 2 heterocycles. The van der Waals surface area contributed by atoms with Crippen LogP contribution in [0.5, 0.6) is 0 Å². The highest BCUT2D eigenvalue weighted by molar-refractivity contribution is 7.17. The Morgan fingerprint density at radius 2 is 1.84 bits per heavy atom. The molecule has 0 radical (unpaired) electrons. The molecule has 0 saturated heterocycles. The molecule has 4 rings (SSSR count). The van der Waals surface area contributed by atoms with E-state index in [4.69, 9.17) is 11.6 Å². The van der Waals surface area contributed by atoms with E-state index in [0.717, 1.165) is 26.5 Å². The Morgan fingerprint density at radius 1 is 1.06 bits per heavy atom. The number of thiophene rings is 1. The van der Waals surface area contributed by atoms with Crippen molar-refractivity contribution in [3.8, 4) is 5.69 Å². The molecule has 0 atom stereocenters. The third kappa shape index (κ3) is 4.01. The van der Waals surface area contributed by atoms with Crippen molar-refractivity contribution in [1.29, 1.82) is 0 Å². The topological polar surface area (TPSA) is 73.1 Å². The van der Waals surface area contributed by atoms with Crippen LogP contribution in [-0.4, -0.2) is 15.0 Å². The number of rotatable bonds is 5. The van der Waals surface area contributed by atoms with Crippen LogP contribution in [0.4, 0.5) is 8.78 Å². The number of para-hydroxylation sites is 1. The van der Waals surface area contributed by atoms with Crippen LogP contribution in [0.25, 0.3) is 15.9 Å². The number of nitrogens with zero attached hydrogens (tertiary/aromatic N) is 2. The standard InChI is InChI=1S/C21H14ClF2N3O3S/c22-13-9-12(5-6-14(13)23)10-25-18(28)11-26-17-7-8-31-19(17)20(29)27(21(26)30)16-4-2-1-3-15(16)24/h1-9H,10-11H2,(H,25,28). The Hall–Kier alpha value is -3.30. The van der Waals surface area contributed by atoms with Gasteiger partial charge in [-0.3, -0.25) is 14.2 Å². The zero-order valence-corrected chi connectivity index (χ0v) is 17.3. The van der Waals surface area contributed by atoms with Gasteiger partial charge in [-0.25, -0.2) is 18.1 Å². The summed E-state index contributed by atoms with van der Waals surface area (Å²) >= 11 is 6.84. The minimum atomic E-state index is -0.832. The summed E-state index contributed by atoms with van der Waals surface area (Å²) in [5.74, 6) is -1.82. The maximum atomic E-state index is 14.3. The van der Waals surface area contributed by atoms with Gasteiger partial charge in [0.2, 0.25) is 5.91 Å². The van der Waals surface area contributed by atoms with Crippen molar-refractivity contribution in [2.24, 2.45) is 0 Å². The lowest BCUT2D eigenvalue weighted by Gasteiger charge is -2.13. The summed E-state index contributed by atoms with van der Waals surface area (Å²) in [5.41, 5.74) is -0.821. The van der Waals surface area contributed by atoms with Crippen LogP contribution in [0.2, 0.25) is 5.02 Å². The van der Waals surface area contributed by atoms with Crippen molar-refractivity contribution in [1.82, 2.24) is 14.5 Å². The highest BCUT2D eigenvalue weighted by atomic mass is 35.5. The molecule has 31 heavy (non-hydrogen) atoms. The van der Waals surface area contributed by atoms with E-state index in [0.29, 0.717) is 5.56 Å². The zero-order chi connectivity index (χ0) is 22.1. The van der Waals surface area contributed by atoms with Crippen molar-refractivity contribution in [2.75, 3.05) is 0 Å². The first-order chi connectivity index (χ1) is 14.9. The molecule has 10 heteroatoms. The Bertz CT molecular complexity index is 1430.